The average molecular weight is 1600 g/mol. The number of aryl methyl sites for hydroxylation is 1. The Morgan fingerprint density at radius 3 is 0.863 bits per heavy atom. The molecule has 3 heterocycles. The maximum Gasteiger partial charge on any atom is 0.143 e. The summed E-state index contributed by atoms with van der Waals surface area (Å²) in [5, 5.41) is 13.8. The molecule has 0 atom stereocenters. The van der Waals surface area contributed by atoms with Crippen molar-refractivity contribution in [2.75, 3.05) is 0 Å². The van der Waals surface area contributed by atoms with E-state index in [0.717, 1.165) is 104 Å². The summed E-state index contributed by atoms with van der Waals surface area (Å²) < 4.78 is 234. The van der Waals surface area contributed by atoms with Gasteiger partial charge in [0.1, 0.15) is 33.5 Å². The van der Waals surface area contributed by atoms with Crippen molar-refractivity contribution >= 4 is 163 Å². The van der Waals surface area contributed by atoms with Crippen LogP contribution >= 0.6 is 0 Å². The van der Waals surface area contributed by atoms with Crippen molar-refractivity contribution < 1.29 is 46.1 Å². The highest BCUT2D eigenvalue weighted by Gasteiger charge is 2.25. The van der Waals surface area contributed by atoms with Gasteiger partial charge >= 0.3 is 0 Å². The van der Waals surface area contributed by atoms with Gasteiger partial charge in [0.15, 0.2) is 0 Å². The van der Waals surface area contributed by atoms with Gasteiger partial charge in [-0.3, -0.25) is 0 Å². The third-order valence-electron chi connectivity index (χ3n) is 23.9. The molecule has 26 aromatic rings. The molecule has 0 aliphatic rings. The third kappa shape index (κ3) is 11.9. The van der Waals surface area contributed by atoms with E-state index in [1.807, 2.05) is 213 Å². The predicted octanol–water partition coefficient (Wildman–Crippen LogP) is 34.8. The summed E-state index contributed by atoms with van der Waals surface area (Å²) in [6.45, 7) is 1.91. The second-order valence-electron chi connectivity index (χ2n) is 30.9. The van der Waals surface area contributed by atoms with Crippen molar-refractivity contribution in [3.05, 3.63) is 448 Å². The van der Waals surface area contributed by atoms with Gasteiger partial charge in [0.05, 0.1) is 32.9 Å². The number of benzene rings is 23. The Morgan fingerprint density at radius 2 is 0.460 bits per heavy atom. The van der Waals surface area contributed by atoms with Gasteiger partial charge in [-0.2, -0.15) is 0 Å². The zero-order chi connectivity index (χ0) is 103. The van der Waals surface area contributed by atoms with Crippen LogP contribution in [-0.2, 0) is 0 Å². The first-order valence-corrected chi connectivity index (χ1v) is 40.7. The summed E-state index contributed by atoms with van der Waals surface area (Å²) in [5.74, 6) is 0. The van der Waals surface area contributed by atoms with E-state index in [9.17, 15) is 11.0 Å². The lowest BCUT2D eigenvalue weighted by atomic mass is 9.85. The molecule has 26 rings (SSSR count). The Kier molecular flexibility index (Phi) is 12.3. The fraction of sp³-hybridized carbons (Fsp3) is 0.00826. The lowest BCUT2D eigenvalue weighted by Gasteiger charge is -2.18. The Bertz CT molecular complexity index is 10100. The number of fused-ring (bicyclic) bond motifs is 21. The van der Waals surface area contributed by atoms with Crippen LogP contribution in [0.15, 0.2) is 456 Å². The van der Waals surface area contributed by atoms with Gasteiger partial charge in [-0.05, 0) is 254 Å². The van der Waals surface area contributed by atoms with Crippen molar-refractivity contribution in [1.29, 1.82) is 0 Å². The van der Waals surface area contributed by atoms with Crippen LogP contribution in [-0.4, -0.2) is 0 Å². The molecule has 0 aliphatic heterocycles. The molecule has 3 nitrogen and oxygen atoms in total. The molecule has 124 heavy (non-hydrogen) atoms. The van der Waals surface area contributed by atoms with E-state index in [0.29, 0.717) is 89.1 Å². The fourth-order valence-corrected chi connectivity index (χ4v) is 18.6. The standard InChI is InChI=1S/2C42H26O.C37H24O/c1-3-13-27(14-4-1)36-25-30(26-37-41-31-18-8-7-15-28(31)23-24-38(41)43-42(36)37)40-34-21-11-9-19-32(34)39(29-16-5-2-6-17-29)33-20-10-12-22-35(33)40;1-2-12-28(13-3-1)40-33-17-6-8-19-35(33)41(36-20-9-7-18-34(36)40)31-15-10-14-29(25-31)30-22-23-38-37(26-30)42-32-16-5-4-11-27(32)21-24-39(42)43-38;1-23-21-26(22-32-36-27-14-6-5-11-24(27)19-20-33(36)38-37(23)32)35-30-17-9-7-15-28(30)34(25-12-3-2-4-13-25)29-16-8-10-18-31(29)35/h2*1-26H;2-22H,1H3/i9D,10D,11D,12D,19D,20D,21D,22D;6D,7D,8D,9D,17D,18D,19D,20D;7D,8D,9D,10D,15D,16D,17D,18D. The van der Waals surface area contributed by atoms with Crippen LogP contribution in [0.3, 0.4) is 0 Å². The lowest BCUT2D eigenvalue weighted by Crippen LogP contribution is -1.91. The summed E-state index contributed by atoms with van der Waals surface area (Å²) in [7, 11) is 0. The number of rotatable bonds is 8. The molecule has 0 spiro atoms. The van der Waals surface area contributed by atoms with Gasteiger partial charge in [-0.1, -0.05) is 382 Å². The molecular weight excluding hydrogens is 1500 g/mol. The Balaban J connectivity index is 0.000000119. The third-order valence-corrected chi connectivity index (χ3v) is 23.9. The molecule has 3 heteroatoms. The van der Waals surface area contributed by atoms with Crippen LogP contribution in [0.25, 0.3) is 252 Å². The quantitative estimate of drug-likeness (QED) is 0.142. The first-order valence-electron chi connectivity index (χ1n) is 52.7. The van der Waals surface area contributed by atoms with Crippen molar-refractivity contribution in [3.8, 4) is 89.0 Å². The smallest absolute Gasteiger partial charge is 0.143 e. The minimum Gasteiger partial charge on any atom is -0.456 e. The van der Waals surface area contributed by atoms with Gasteiger partial charge in [-0.25, -0.2) is 0 Å². The molecule has 0 bridgehead atoms. The molecule has 3 aromatic heterocycles. The molecule has 0 radical (unpaired) electrons. The van der Waals surface area contributed by atoms with Gasteiger partial charge in [0, 0.05) is 37.9 Å². The largest absolute Gasteiger partial charge is 0.456 e. The van der Waals surface area contributed by atoms with Crippen LogP contribution in [0, 0.1) is 6.92 Å². The molecule has 0 unspecified atom stereocenters. The first-order chi connectivity index (χ1) is 71.4. The number of hydrogen-bond acceptors (Lipinski definition) is 3. The molecule has 0 aliphatic carbocycles. The monoisotopic (exact) mass is 1600 g/mol. The van der Waals surface area contributed by atoms with Crippen LogP contribution < -0.4 is 0 Å². The van der Waals surface area contributed by atoms with Crippen LogP contribution in [0.2, 0.25) is 0 Å². The van der Waals surface area contributed by atoms with Gasteiger partial charge in [-0.15, -0.1) is 0 Å². The highest BCUT2D eigenvalue weighted by Crippen LogP contribution is 2.52. The van der Waals surface area contributed by atoms with Crippen LogP contribution in [0.5, 0.6) is 0 Å². The lowest BCUT2D eigenvalue weighted by molar-refractivity contribution is 0.666. The topological polar surface area (TPSA) is 39.4 Å². The summed E-state index contributed by atoms with van der Waals surface area (Å²) >= 11 is 0. The summed E-state index contributed by atoms with van der Waals surface area (Å²) in [5.41, 5.74) is 13.6. The molecule has 0 amide bonds. The maximum absolute atomic E-state index is 9.36. The molecule has 578 valence electrons. The molecule has 0 fully saturated rings. The molecule has 0 saturated carbocycles. The van der Waals surface area contributed by atoms with E-state index in [1.165, 1.54) is 0 Å². The Hall–Kier alpha value is -16.2. The van der Waals surface area contributed by atoms with Crippen LogP contribution in [0.1, 0.15) is 38.5 Å². The molecule has 0 saturated heterocycles. The second-order valence-corrected chi connectivity index (χ2v) is 30.9. The minimum atomic E-state index is -0.433. The fourth-order valence-electron chi connectivity index (χ4n) is 18.6. The van der Waals surface area contributed by atoms with Gasteiger partial charge in [0.2, 0.25) is 0 Å². The summed E-state index contributed by atoms with van der Waals surface area (Å²) in [6, 6.07) is 85.5. The van der Waals surface area contributed by atoms with E-state index in [4.69, 9.17) is 35.2 Å². The molecule has 23 aromatic carbocycles. The zero-order valence-electron chi connectivity index (χ0n) is 90.0. The minimum absolute atomic E-state index is 0.174. The zero-order valence-corrected chi connectivity index (χ0v) is 66.0. The number of furan rings is 3. The van der Waals surface area contributed by atoms with E-state index in [2.05, 4.69) is 18.2 Å². The van der Waals surface area contributed by atoms with E-state index >= 15 is 0 Å². The normalized spacial score (nSPS) is 14.5. The van der Waals surface area contributed by atoms with E-state index in [-0.39, 0.29) is 137 Å². The average Bonchev–Trinajstić information content (AvgIpc) is 0.928. The van der Waals surface area contributed by atoms with Crippen molar-refractivity contribution in [1.82, 2.24) is 0 Å². The maximum atomic E-state index is 9.36. The summed E-state index contributed by atoms with van der Waals surface area (Å²) in [6.07, 6.45) is 0. The highest BCUT2D eigenvalue weighted by atomic mass is 16.3. The van der Waals surface area contributed by atoms with Crippen LogP contribution in [0.4, 0.5) is 0 Å². The summed E-state index contributed by atoms with van der Waals surface area (Å²) in [4.78, 5) is 0. The Labute approximate surface area is 749 Å². The predicted molar refractivity (Wildman–Crippen MR) is 527 cm³/mol. The highest BCUT2D eigenvalue weighted by molar-refractivity contribution is 6.29. The van der Waals surface area contributed by atoms with Gasteiger partial charge in [0.25, 0.3) is 0 Å². The second kappa shape index (κ2) is 29.6. The first kappa shape index (κ1) is 51.3. The van der Waals surface area contributed by atoms with E-state index < -0.39 is 72.5 Å². The van der Waals surface area contributed by atoms with Gasteiger partial charge < -0.3 is 13.3 Å². The Morgan fingerprint density at radius 1 is 0.177 bits per heavy atom. The SMILES string of the molecule is [2H]c1c([2H])c([2H])c2c(-c3cc(-c4ccccc4)c4oc5ccc6ccccc6c5c4c3)c3c([2H])c([2H])c([2H])c([2H])c3c(-c3ccccc3)c2c1[2H].[2H]c1c([2H])c([2H])c2c(-c3cc(C)c4oc5ccc6ccccc6c5c4c3)c3c([2H])c([2H])c([2H])c([2H])c3c(-c3ccccc3)c2c1[2H].[2H]c1c([2H])c([2H])c2c(-c3cccc(-c4ccc5oc6ccc7ccccc7c6c5c4)c3)c3c([2H])c([2H])c([2H])c([2H])c3c(-c3ccccc3)c2c1[2H]. The van der Waals surface area contributed by atoms with Crippen molar-refractivity contribution in [2.45, 2.75) is 6.92 Å². The van der Waals surface area contributed by atoms with Crippen molar-refractivity contribution in [3.63, 3.8) is 0 Å². The molecule has 0 N–H and O–H groups in total. The van der Waals surface area contributed by atoms with Crippen molar-refractivity contribution in [2.24, 2.45) is 0 Å². The van der Waals surface area contributed by atoms with E-state index in [1.54, 1.807) is 72.8 Å². The molecular formula is C121H76O3. The number of hydrogen-bond donors (Lipinski definition) is 0.